The van der Waals surface area contributed by atoms with E-state index in [-0.39, 0.29) is 17.8 Å². The zero-order valence-corrected chi connectivity index (χ0v) is 11.8. The zero-order chi connectivity index (χ0) is 14.4. The van der Waals surface area contributed by atoms with Crippen LogP contribution >= 0.6 is 0 Å². The van der Waals surface area contributed by atoms with E-state index < -0.39 is 0 Å². The molecular weight excluding hydrogens is 257 g/mol. The smallest absolute Gasteiger partial charge is 0.191 e. The topological polar surface area (TPSA) is 56.7 Å². The van der Waals surface area contributed by atoms with Crippen LogP contribution in [0.25, 0.3) is 0 Å². The second kappa shape index (κ2) is 6.70. The number of guanidine groups is 1. The van der Waals surface area contributed by atoms with E-state index in [0.717, 1.165) is 24.9 Å². The number of aliphatic imine (C=N–C) groups is 1. The first-order chi connectivity index (χ1) is 9.70. The molecular formula is C15H22FN3O. The summed E-state index contributed by atoms with van der Waals surface area (Å²) in [6.07, 6.45) is 2.08. The Kier molecular flexibility index (Phi) is 4.95. The molecule has 4 nitrogen and oxygen atoms in total. The molecule has 0 spiro atoms. The molecule has 1 saturated carbocycles. The minimum atomic E-state index is -0.192. The van der Waals surface area contributed by atoms with Gasteiger partial charge >= 0.3 is 0 Å². The number of halogens is 1. The quantitative estimate of drug-likeness (QED) is 0.545. The van der Waals surface area contributed by atoms with Crippen LogP contribution in [0.1, 0.15) is 25.3 Å². The predicted molar refractivity (Wildman–Crippen MR) is 78.4 cm³/mol. The Bertz CT molecular complexity index is 472. The third-order valence-corrected chi connectivity index (χ3v) is 3.58. The van der Waals surface area contributed by atoms with Gasteiger partial charge in [0.25, 0.3) is 0 Å². The van der Waals surface area contributed by atoms with Crippen LogP contribution in [0.5, 0.6) is 0 Å². The Labute approximate surface area is 119 Å². The minimum absolute atomic E-state index is 0.0103. The Morgan fingerprint density at radius 1 is 1.40 bits per heavy atom. The Morgan fingerprint density at radius 2 is 2.20 bits per heavy atom. The highest BCUT2D eigenvalue weighted by molar-refractivity contribution is 5.79. The van der Waals surface area contributed by atoms with Crippen LogP contribution in [-0.2, 0) is 5.41 Å². The molecule has 2 rings (SSSR count). The lowest BCUT2D eigenvalue weighted by atomic mass is 9.96. The standard InChI is InChI=1S/C15H22FN3O/c1-2-17-14(18-8-9-20)19-11-15(6-7-15)12-4-3-5-13(16)10-12/h3-5,10,20H,2,6-9,11H2,1H3,(H2,17,18,19). The van der Waals surface area contributed by atoms with Crippen molar-refractivity contribution in [2.45, 2.75) is 25.2 Å². The largest absolute Gasteiger partial charge is 0.395 e. The van der Waals surface area contributed by atoms with E-state index in [1.54, 1.807) is 12.1 Å². The number of benzene rings is 1. The lowest BCUT2D eigenvalue weighted by molar-refractivity contribution is 0.300. The molecule has 0 aliphatic heterocycles. The maximum atomic E-state index is 13.3. The van der Waals surface area contributed by atoms with Crippen LogP contribution in [0.4, 0.5) is 4.39 Å². The van der Waals surface area contributed by atoms with Crippen molar-refractivity contribution in [3.05, 3.63) is 35.6 Å². The normalized spacial score (nSPS) is 16.9. The first-order valence-corrected chi connectivity index (χ1v) is 7.09. The van der Waals surface area contributed by atoms with E-state index in [0.29, 0.717) is 19.0 Å². The van der Waals surface area contributed by atoms with Crippen molar-refractivity contribution in [1.29, 1.82) is 0 Å². The van der Waals surface area contributed by atoms with Gasteiger partial charge in [0.1, 0.15) is 5.82 Å². The third kappa shape index (κ3) is 3.70. The number of aliphatic hydroxyl groups excluding tert-OH is 1. The van der Waals surface area contributed by atoms with Gasteiger partial charge in [-0.1, -0.05) is 12.1 Å². The molecule has 0 unspecified atom stereocenters. The second-order valence-electron chi connectivity index (χ2n) is 5.14. The molecule has 0 heterocycles. The molecule has 1 aromatic carbocycles. The monoisotopic (exact) mass is 279 g/mol. The average Bonchev–Trinajstić information content (AvgIpc) is 3.23. The molecule has 0 bridgehead atoms. The van der Waals surface area contributed by atoms with E-state index in [4.69, 9.17) is 5.11 Å². The van der Waals surface area contributed by atoms with E-state index in [1.807, 2.05) is 13.0 Å². The van der Waals surface area contributed by atoms with Crippen LogP contribution in [0, 0.1) is 5.82 Å². The first kappa shape index (κ1) is 14.8. The summed E-state index contributed by atoms with van der Waals surface area (Å²) in [4.78, 5) is 4.55. The lowest BCUT2D eigenvalue weighted by Crippen LogP contribution is -2.39. The number of hydrogen-bond acceptors (Lipinski definition) is 2. The number of nitrogens with one attached hydrogen (secondary N) is 2. The molecule has 5 heteroatoms. The van der Waals surface area contributed by atoms with Crippen molar-refractivity contribution in [1.82, 2.24) is 10.6 Å². The van der Waals surface area contributed by atoms with Crippen LogP contribution in [-0.4, -0.2) is 37.3 Å². The van der Waals surface area contributed by atoms with Gasteiger partial charge in [-0.15, -0.1) is 0 Å². The number of rotatable bonds is 6. The summed E-state index contributed by atoms with van der Waals surface area (Å²) in [5.74, 6) is 0.507. The van der Waals surface area contributed by atoms with E-state index >= 15 is 0 Å². The number of nitrogens with zero attached hydrogens (tertiary/aromatic N) is 1. The van der Waals surface area contributed by atoms with Gasteiger partial charge in [-0.05, 0) is 37.5 Å². The fraction of sp³-hybridized carbons (Fsp3) is 0.533. The highest BCUT2D eigenvalue weighted by atomic mass is 19.1. The van der Waals surface area contributed by atoms with Crippen LogP contribution in [0.15, 0.2) is 29.3 Å². The number of aliphatic hydroxyl groups is 1. The second-order valence-corrected chi connectivity index (χ2v) is 5.14. The summed E-state index contributed by atoms with van der Waals surface area (Å²) in [6.45, 7) is 3.94. The molecule has 1 aromatic rings. The molecule has 3 N–H and O–H groups in total. The van der Waals surface area contributed by atoms with Gasteiger partial charge in [-0.2, -0.15) is 0 Å². The van der Waals surface area contributed by atoms with Crippen molar-refractivity contribution in [3.8, 4) is 0 Å². The van der Waals surface area contributed by atoms with E-state index in [9.17, 15) is 4.39 Å². The highest BCUT2D eigenvalue weighted by Gasteiger charge is 2.44. The molecule has 1 aliphatic carbocycles. The summed E-state index contributed by atoms with van der Waals surface area (Å²) in [5, 5.41) is 15.0. The van der Waals surface area contributed by atoms with Gasteiger partial charge in [-0.3, -0.25) is 4.99 Å². The van der Waals surface area contributed by atoms with Gasteiger partial charge in [0.05, 0.1) is 13.2 Å². The van der Waals surface area contributed by atoms with Crippen molar-refractivity contribution in [2.75, 3.05) is 26.2 Å². The average molecular weight is 279 g/mol. The summed E-state index contributed by atoms with van der Waals surface area (Å²) in [5.41, 5.74) is 1.02. The fourth-order valence-corrected chi connectivity index (χ4v) is 2.25. The maximum Gasteiger partial charge on any atom is 0.191 e. The summed E-state index contributed by atoms with van der Waals surface area (Å²) in [6, 6.07) is 6.80. The first-order valence-electron chi connectivity index (χ1n) is 7.09. The molecule has 0 radical (unpaired) electrons. The number of hydrogen-bond donors (Lipinski definition) is 3. The molecule has 0 atom stereocenters. The summed E-state index contributed by atoms with van der Waals surface area (Å²) < 4.78 is 13.3. The maximum absolute atomic E-state index is 13.3. The van der Waals surface area contributed by atoms with Crippen molar-refractivity contribution in [3.63, 3.8) is 0 Å². The molecule has 1 fully saturated rings. The molecule has 1 aliphatic rings. The minimum Gasteiger partial charge on any atom is -0.395 e. The van der Waals surface area contributed by atoms with Crippen molar-refractivity contribution in [2.24, 2.45) is 4.99 Å². The van der Waals surface area contributed by atoms with Crippen LogP contribution in [0.2, 0.25) is 0 Å². The molecule has 0 saturated heterocycles. The molecule has 110 valence electrons. The zero-order valence-electron chi connectivity index (χ0n) is 11.8. The lowest BCUT2D eigenvalue weighted by Gasteiger charge is -2.15. The van der Waals surface area contributed by atoms with Crippen molar-refractivity contribution < 1.29 is 9.50 Å². The Balaban J connectivity index is 2.03. The fourth-order valence-electron chi connectivity index (χ4n) is 2.25. The summed E-state index contributed by atoms with van der Waals surface area (Å²) >= 11 is 0. The van der Waals surface area contributed by atoms with Gasteiger partial charge in [-0.25, -0.2) is 4.39 Å². The Morgan fingerprint density at radius 3 is 2.80 bits per heavy atom. The predicted octanol–water partition coefficient (Wildman–Crippen LogP) is 1.40. The van der Waals surface area contributed by atoms with Crippen LogP contribution < -0.4 is 10.6 Å². The van der Waals surface area contributed by atoms with Gasteiger partial charge < -0.3 is 15.7 Å². The SMILES string of the molecule is CCNC(=NCC1(c2cccc(F)c2)CC1)NCCO. The summed E-state index contributed by atoms with van der Waals surface area (Å²) in [7, 11) is 0. The van der Waals surface area contributed by atoms with Crippen LogP contribution in [0.3, 0.4) is 0 Å². The van der Waals surface area contributed by atoms with Gasteiger partial charge in [0.15, 0.2) is 5.96 Å². The third-order valence-electron chi connectivity index (χ3n) is 3.58. The van der Waals surface area contributed by atoms with E-state index in [2.05, 4.69) is 15.6 Å². The highest BCUT2D eigenvalue weighted by Crippen LogP contribution is 2.48. The van der Waals surface area contributed by atoms with Gasteiger partial charge in [0, 0.05) is 18.5 Å². The van der Waals surface area contributed by atoms with Crippen molar-refractivity contribution >= 4 is 5.96 Å². The molecule has 0 aromatic heterocycles. The van der Waals surface area contributed by atoms with Gasteiger partial charge in [0.2, 0.25) is 0 Å². The molecule has 20 heavy (non-hydrogen) atoms. The Hall–Kier alpha value is -1.62. The molecule has 0 amide bonds. The van der Waals surface area contributed by atoms with E-state index in [1.165, 1.54) is 6.07 Å².